The molecule has 0 spiro atoms. The fourth-order valence-electron chi connectivity index (χ4n) is 4.71. The molecule has 0 aliphatic heterocycles. The average Bonchev–Trinajstić information content (AvgIpc) is 3.68. The molecule has 0 unspecified atom stereocenters. The van der Waals surface area contributed by atoms with Gasteiger partial charge in [-0.1, -0.05) is 17.7 Å². The highest BCUT2D eigenvalue weighted by Gasteiger charge is 2.17. The van der Waals surface area contributed by atoms with Crippen molar-refractivity contribution < 1.29 is 0 Å². The second-order valence-corrected chi connectivity index (χ2v) is 9.00. The molecule has 7 heteroatoms. The predicted octanol–water partition coefficient (Wildman–Crippen LogP) is 5.90. The fourth-order valence-corrected chi connectivity index (χ4v) is 4.71. The van der Waals surface area contributed by atoms with Crippen LogP contribution in [0.3, 0.4) is 0 Å². The van der Waals surface area contributed by atoms with E-state index in [2.05, 4.69) is 107 Å². The van der Waals surface area contributed by atoms with Crippen LogP contribution in [-0.4, -0.2) is 34.1 Å². The monoisotopic (exact) mass is 471 g/mol. The smallest absolute Gasteiger partial charge is 0.138 e. The number of nitrogens with zero attached hydrogens (tertiary/aromatic N) is 7. The third-order valence-corrected chi connectivity index (χ3v) is 6.56. The Morgan fingerprint density at radius 1 is 0.611 bits per heavy atom. The molecular weight excluding hydrogens is 446 g/mol. The molecule has 0 aliphatic carbocycles. The lowest BCUT2D eigenvalue weighted by molar-refractivity contribution is 0.879. The van der Waals surface area contributed by atoms with Crippen LogP contribution >= 0.6 is 0 Å². The van der Waals surface area contributed by atoms with Crippen LogP contribution in [0.2, 0.25) is 0 Å². The molecule has 3 heterocycles. The molecule has 176 valence electrons. The van der Waals surface area contributed by atoms with E-state index >= 15 is 0 Å². The summed E-state index contributed by atoms with van der Waals surface area (Å²) < 4.78 is 5.92. The molecule has 0 fully saturated rings. The molecule has 0 saturated carbocycles. The van der Waals surface area contributed by atoms with Gasteiger partial charge in [0.15, 0.2) is 0 Å². The summed E-state index contributed by atoms with van der Waals surface area (Å²) in [7, 11) is 0. The van der Waals surface area contributed by atoms with E-state index in [1.165, 1.54) is 16.7 Å². The van der Waals surface area contributed by atoms with Gasteiger partial charge >= 0.3 is 0 Å². The molecular formula is C29H25N7. The van der Waals surface area contributed by atoms with Crippen molar-refractivity contribution in [1.29, 1.82) is 0 Å². The standard InChI is InChI=1S/C29H25N7/c1-20-6-9-28(34-10-4-5-11-34)26(12-20)27-13-22(3)25(15-29(27)35-18-31-32-19-35)24-14-23(8-7-21(24)2)36-17-30-16-33-36/h4-19H,1-3H3. The summed E-state index contributed by atoms with van der Waals surface area (Å²) in [6.07, 6.45) is 10.9. The highest BCUT2D eigenvalue weighted by Crippen LogP contribution is 2.38. The highest BCUT2D eigenvalue weighted by molar-refractivity contribution is 5.85. The van der Waals surface area contributed by atoms with Crippen molar-refractivity contribution in [3.63, 3.8) is 0 Å². The maximum Gasteiger partial charge on any atom is 0.138 e. The van der Waals surface area contributed by atoms with Crippen molar-refractivity contribution in [2.45, 2.75) is 20.8 Å². The topological polar surface area (TPSA) is 66.3 Å². The Morgan fingerprint density at radius 2 is 1.36 bits per heavy atom. The van der Waals surface area contributed by atoms with Crippen LogP contribution < -0.4 is 0 Å². The van der Waals surface area contributed by atoms with Crippen LogP contribution in [0, 0.1) is 20.8 Å². The molecule has 0 atom stereocenters. The summed E-state index contributed by atoms with van der Waals surface area (Å²) in [5.74, 6) is 0. The SMILES string of the molecule is Cc1ccc(-n2cccc2)c(-c2cc(C)c(-c3cc(-n4cncn4)ccc3C)cc2-n2cnnc2)c1. The van der Waals surface area contributed by atoms with Crippen molar-refractivity contribution in [2.24, 2.45) is 0 Å². The molecule has 0 radical (unpaired) electrons. The van der Waals surface area contributed by atoms with Crippen molar-refractivity contribution in [3.8, 4) is 39.3 Å². The lowest BCUT2D eigenvalue weighted by Gasteiger charge is -2.20. The Balaban J connectivity index is 1.60. The summed E-state index contributed by atoms with van der Waals surface area (Å²) in [5.41, 5.74) is 11.2. The zero-order valence-corrected chi connectivity index (χ0v) is 20.4. The van der Waals surface area contributed by atoms with Crippen molar-refractivity contribution in [1.82, 2.24) is 34.1 Å². The van der Waals surface area contributed by atoms with E-state index in [4.69, 9.17) is 0 Å². The van der Waals surface area contributed by atoms with Crippen molar-refractivity contribution in [2.75, 3.05) is 0 Å². The summed E-state index contributed by atoms with van der Waals surface area (Å²) >= 11 is 0. The number of hydrogen-bond acceptors (Lipinski definition) is 4. The van der Waals surface area contributed by atoms with Crippen LogP contribution in [-0.2, 0) is 0 Å². The largest absolute Gasteiger partial charge is 0.323 e. The molecule has 0 N–H and O–H groups in total. The quantitative estimate of drug-likeness (QED) is 0.314. The minimum atomic E-state index is 0.969. The molecule has 7 nitrogen and oxygen atoms in total. The summed E-state index contributed by atoms with van der Waals surface area (Å²) in [4.78, 5) is 4.10. The van der Waals surface area contributed by atoms with Gasteiger partial charge in [0.05, 0.1) is 17.1 Å². The van der Waals surface area contributed by atoms with Crippen LogP contribution in [0.5, 0.6) is 0 Å². The zero-order chi connectivity index (χ0) is 24.6. The second-order valence-electron chi connectivity index (χ2n) is 9.00. The molecule has 3 aromatic carbocycles. The van der Waals surface area contributed by atoms with Gasteiger partial charge in [0.1, 0.15) is 25.3 Å². The summed E-state index contributed by atoms with van der Waals surface area (Å²) in [6, 6.07) is 21.5. The Bertz CT molecular complexity index is 1640. The Hall–Kier alpha value is -4.78. The lowest BCUT2D eigenvalue weighted by Crippen LogP contribution is -2.02. The highest BCUT2D eigenvalue weighted by atomic mass is 15.3. The molecule has 36 heavy (non-hydrogen) atoms. The minimum Gasteiger partial charge on any atom is -0.323 e. The van der Waals surface area contributed by atoms with Gasteiger partial charge in [-0.15, -0.1) is 10.2 Å². The molecule has 0 aliphatic rings. The van der Waals surface area contributed by atoms with Gasteiger partial charge in [0.25, 0.3) is 0 Å². The number of rotatable bonds is 5. The first-order chi connectivity index (χ1) is 17.6. The second kappa shape index (κ2) is 8.78. The van der Waals surface area contributed by atoms with E-state index in [1.807, 2.05) is 16.7 Å². The Kier molecular flexibility index (Phi) is 5.30. The molecule has 0 amide bonds. The van der Waals surface area contributed by atoms with Crippen molar-refractivity contribution in [3.05, 3.63) is 115 Å². The number of hydrogen-bond donors (Lipinski definition) is 0. The number of benzene rings is 3. The number of aromatic nitrogens is 7. The van der Waals surface area contributed by atoms with Crippen molar-refractivity contribution >= 4 is 0 Å². The normalized spacial score (nSPS) is 11.2. The molecule has 0 saturated heterocycles. The van der Waals surface area contributed by atoms with Gasteiger partial charge in [-0.05, 0) is 91.6 Å². The molecule has 3 aromatic heterocycles. The zero-order valence-electron chi connectivity index (χ0n) is 20.4. The number of aryl methyl sites for hydroxylation is 3. The lowest BCUT2D eigenvalue weighted by atomic mass is 9.90. The van der Waals surface area contributed by atoms with Gasteiger partial charge < -0.3 is 4.57 Å². The van der Waals surface area contributed by atoms with Crippen LogP contribution in [0.25, 0.3) is 39.3 Å². The first-order valence-electron chi connectivity index (χ1n) is 11.8. The van der Waals surface area contributed by atoms with Crippen LogP contribution in [0.1, 0.15) is 16.7 Å². The molecule has 0 bridgehead atoms. The Morgan fingerprint density at radius 3 is 2.11 bits per heavy atom. The van der Waals surface area contributed by atoms with E-state index in [0.29, 0.717) is 0 Å². The third-order valence-electron chi connectivity index (χ3n) is 6.56. The maximum absolute atomic E-state index is 4.31. The molecule has 6 rings (SSSR count). The van der Waals surface area contributed by atoms with Crippen LogP contribution in [0.15, 0.2) is 98.4 Å². The minimum absolute atomic E-state index is 0.969. The Labute approximate surface area is 209 Å². The van der Waals surface area contributed by atoms with Gasteiger partial charge in [0.2, 0.25) is 0 Å². The van der Waals surface area contributed by atoms with E-state index in [-0.39, 0.29) is 0 Å². The van der Waals surface area contributed by atoms with Gasteiger partial charge in [-0.3, -0.25) is 4.57 Å². The molecule has 6 aromatic rings. The average molecular weight is 472 g/mol. The van der Waals surface area contributed by atoms with E-state index < -0.39 is 0 Å². The van der Waals surface area contributed by atoms with Gasteiger partial charge in [-0.2, -0.15) is 5.10 Å². The first-order valence-corrected chi connectivity index (χ1v) is 11.8. The summed E-state index contributed by atoms with van der Waals surface area (Å²) in [5, 5.41) is 12.5. The van der Waals surface area contributed by atoms with E-state index in [1.54, 1.807) is 30.0 Å². The summed E-state index contributed by atoms with van der Waals surface area (Å²) in [6.45, 7) is 6.43. The van der Waals surface area contributed by atoms with E-state index in [9.17, 15) is 0 Å². The van der Waals surface area contributed by atoms with Gasteiger partial charge in [0, 0.05) is 23.5 Å². The third kappa shape index (κ3) is 3.80. The maximum atomic E-state index is 4.31. The predicted molar refractivity (Wildman–Crippen MR) is 141 cm³/mol. The first kappa shape index (κ1) is 21.7. The fraction of sp³-hybridized carbons (Fsp3) is 0.103. The van der Waals surface area contributed by atoms with Crippen LogP contribution in [0.4, 0.5) is 0 Å². The van der Waals surface area contributed by atoms with E-state index in [0.717, 1.165) is 39.3 Å². The van der Waals surface area contributed by atoms with Gasteiger partial charge in [-0.25, -0.2) is 9.67 Å².